The number of ether oxygens (including phenoxy) is 1. The lowest BCUT2D eigenvalue weighted by molar-refractivity contribution is 0.0505. The topological polar surface area (TPSA) is 50.4 Å². The van der Waals surface area contributed by atoms with Gasteiger partial charge in [-0.2, -0.15) is 0 Å². The Morgan fingerprint density at radius 1 is 1.30 bits per heavy atom. The van der Waals surface area contributed by atoms with Crippen LogP contribution in [0.15, 0.2) is 28.7 Å². The predicted octanol–water partition coefficient (Wildman–Crippen LogP) is 4.55. The molecule has 2 rings (SSSR count). The summed E-state index contributed by atoms with van der Waals surface area (Å²) in [6, 6.07) is 9.27. The number of carbonyl (C=O) groups is 1. The maximum Gasteiger partial charge on any atom is 0.407 e. The molecule has 0 aliphatic heterocycles. The van der Waals surface area contributed by atoms with Crippen LogP contribution in [-0.4, -0.2) is 23.8 Å². The molecule has 1 aromatic rings. The van der Waals surface area contributed by atoms with Crippen molar-refractivity contribution in [2.45, 2.75) is 70.7 Å². The quantitative estimate of drug-likeness (QED) is 0.802. The van der Waals surface area contributed by atoms with Crippen LogP contribution in [0.1, 0.15) is 58.6 Å². The van der Waals surface area contributed by atoms with Gasteiger partial charge in [-0.1, -0.05) is 28.1 Å². The molecule has 1 saturated carbocycles. The number of benzene rings is 1. The van der Waals surface area contributed by atoms with Crippen LogP contribution in [0.4, 0.5) is 4.79 Å². The Hall–Kier alpha value is -1.07. The Labute approximate surface area is 147 Å². The monoisotopic (exact) mass is 382 g/mol. The maximum absolute atomic E-state index is 11.8. The molecule has 0 bridgehead atoms. The largest absolute Gasteiger partial charge is 0.444 e. The lowest BCUT2D eigenvalue weighted by Crippen LogP contribution is -2.39. The van der Waals surface area contributed by atoms with E-state index in [-0.39, 0.29) is 18.2 Å². The summed E-state index contributed by atoms with van der Waals surface area (Å²) in [5, 5.41) is 6.64. The van der Waals surface area contributed by atoms with Gasteiger partial charge in [0.05, 0.1) is 0 Å². The minimum Gasteiger partial charge on any atom is -0.444 e. The van der Waals surface area contributed by atoms with E-state index in [0.717, 1.165) is 23.7 Å². The molecule has 1 aromatic carbocycles. The van der Waals surface area contributed by atoms with Crippen LogP contribution in [0.2, 0.25) is 0 Å². The summed E-state index contributed by atoms with van der Waals surface area (Å²) >= 11 is 3.51. The Balaban J connectivity index is 1.80. The average Bonchev–Trinajstić information content (AvgIpc) is 2.83. The van der Waals surface area contributed by atoms with Gasteiger partial charge >= 0.3 is 6.09 Å². The molecule has 0 spiro atoms. The van der Waals surface area contributed by atoms with E-state index in [9.17, 15) is 4.79 Å². The van der Waals surface area contributed by atoms with Gasteiger partial charge in [0.1, 0.15) is 5.60 Å². The highest BCUT2D eigenvalue weighted by atomic mass is 79.9. The van der Waals surface area contributed by atoms with Crippen molar-refractivity contribution in [2.24, 2.45) is 0 Å². The van der Waals surface area contributed by atoms with E-state index in [4.69, 9.17) is 4.74 Å². The molecule has 4 nitrogen and oxygen atoms in total. The van der Waals surface area contributed by atoms with Gasteiger partial charge in [-0.25, -0.2) is 4.79 Å². The zero-order valence-corrected chi connectivity index (χ0v) is 15.9. The van der Waals surface area contributed by atoms with Crippen LogP contribution in [0.3, 0.4) is 0 Å². The zero-order chi connectivity index (χ0) is 17.0. The van der Waals surface area contributed by atoms with Gasteiger partial charge in [-0.05, 0) is 64.7 Å². The minimum atomic E-state index is -0.449. The van der Waals surface area contributed by atoms with Crippen LogP contribution in [0, 0.1) is 0 Å². The lowest BCUT2D eigenvalue weighted by Gasteiger charge is -2.22. The molecule has 3 atom stereocenters. The molecule has 1 fully saturated rings. The summed E-state index contributed by atoms with van der Waals surface area (Å²) in [6.07, 6.45) is 2.68. The summed E-state index contributed by atoms with van der Waals surface area (Å²) < 4.78 is 6.42. The number of hydrogen-bond acceptors (Lipinski definition) is 3. The third kappa shape index (κ3) is 6.15. The molecule has 0 radical (unpaired) electrons. The Bertz CT molecular complexity index is 542. The van der Waals surface area contributed by atoms with Crippen LogP contribution < -0.4 is 10.6 Å². The zero-order valence-electron chi connectivity index (χ0n) is 14.4. The number of halogens is 1. The van der Waals surface area contributed by atoms with Gasteiger partial charge in [0.15, 0.2) is 0 Å². The number of alkyl carbamates (subject to hydrolysis) is 1. The SMILES string of the molecule is CC(NC1CCC(NC(=O)OC(C)(C)C)C1)c1cccc(Br)c1. The van der Waals surface area contributed by atoms with Gasteiger partial charge < -0.3 is 15.4 Å². The van der Waals surface area contributed by atoms with E-state index < -0.39 is 5.60 Å². The van der Waals surface area contributed by atoms with E-state index >= 15 is 0 Å². The first-order valence-electron chi connectivity index (χ1n) is 8.24. The number of rotatable bonds is 4. The first-order valence-corrected chi connectivity index (χ1v) is 9.03. The second-order valence-electron chi connectivity index (χ2n) is 7.30. The van der Waals surface area contributed by atoms with Crippen LogP contribution in [0.5, 0.6) is 0 Å². The second kappa shape index (κ2) is 7.67. The van der Waals surface area contributed by atoms with Crippen molar-refractivity contribution in [3.63, 3.8) is 0 Å². The maximum atomic E-state index is 11.8. The molecule has 0 saturated heterocycles. The Morgan fingerprint density at radius 2 is 2.00 bits per heavy atom. The standard InChI is InChI=1S/C18H27BrN2O2/c1-12(13-6-5-7-14(19)10-13)20-15-8-9-16(11-15)21-17(22)23-18(2,3)4/h5-7,10,12,15-16,20H,8-9,11H2,1-4H3,(H,21,22). The molecular weight excluding hydrogens is 356 g/mol. The van der Waals surface area contributed by atoms with Gasteiger partial charge in [-0.3, -0.25) is 0 Å². The van der Waals surface area contributed by atoms with Crippen LogP contribution in [-0.2, 0) is 4.74 Å². The fraction of sp³-hybridized carbons (Fsp3) is 0.611. The first-order chi connectivity index (χ1) is 10.7. The van der Waals surface area contributed by atoms with Crippen LogP contribution in [0.25, 0.3) is 0 Å². The van der Waals surface area contributed by atoms with E-state index in [1.807, 2.05) is 26.8 Å². The van der Waals surface area contributed by atoms with Gasteiger partial charge in [-0.15, -0.1) is 0 Å². The number of amides is 1. The molecule has 5 heteroatoms. The second-order valence-corrected chi connectivity index (χ2v) is 8.21. The number of hydrogen-bond donors (Lipinski definition) is 2. The molecular formula is C18H27BrN2O2. The molecule has 0 heterocycles. The molecule has 3 unspecified atom stereocenters. The van der Waals surface area contributed by atoms with Crippen molar-refractivity contribution in [3.05, 3.63) is 34.3 Å². The van der Waals surface area contributed by atoms with Crippen molar-refractivity contribution < 1.29 is 9.53 Å². The highest BCUT2D eigenvalue weighted by Gasteiger charge is 2.28. The average molecular weight is 383 g/mol. The van der Waals surface area contributed by atoms with Crippen molar-refractivity contribution in [2.75, 3.05) is 0 Å². The van der Waals surface area contributed by atoms with Crippen molar-refractivity contribution in [1.82, 2.24) is 10.6 Å². The normalized spacial score (nSPS) is 22.7. The van der Waals surface area contributed by atoms with Gasteiger partial charge in [0.25, 0.3) is 0 Å². The van der Waals surface area contributed by atoms with Crippen molar-refractivity contribution in [1.29, 1.82) is 0 Å². The number of nitrogens with one attached hydrogen (secondary N) is 2. The fourth-order valence-electron chi connectivity index (χ4n) is 2.96. The summed E-state index contributed by atoms with van der Waals surface area (Å²) in [7, 11) is 0. The highest BCUT2D eigenvalue weighted by molar-refractivity contribution is 9.10. The van der Waals surface area contributed by atoms with E-state index in [1.54, 1.807) is 0 Å². The molecule has 23 heavy (non-hydrogen) atoms. The fourth-order valence-corrected chi connectivity index (χ4v) is 3.38. The first kappa shape index (κ1) is 18.3. The van der Waals surface area contributed by atoms with E-state index in [1.165, 1.54) is 5.56 Å². The van der Waals surface area contributed by atoms with Crippen molar-refractivity contribution >= 4 is 22.0 Å². The molecule has 1 aliphatic rings. The molecule has 1 amide bonds. The van der Waals surface area contributed by atoms with E-state index in [2.05, 4.69) is 51.7 Å². The third-order valence-corrected chi connectivity index (χ3v) is 4.48. The summed E-state index contributed by atoms with van der Waals surface area (Å²) in [4.78, 5) is 11.8. The Morgan fingerprint density at radius 3 is 2.65 bits per heavy atom. The summed E-state index contributed by atoms with van der Waals surface area (Å²) in [5.74, 6) is 0. The Kier molecular flexibility index (Phi) is 6.09. The molecule has 2 N–H and O–H groups in total. The number of carbonyl (C=O) groups excluding carboxylic acids is 1. The smallest absolute Gasteiger partial charge is 0.407 e. The van der Waals surface area contributed by atoms with Gasteiger partial charge in [0.2, 0.25) is 0 Å². The molecule has 1 aliphatic carbocycles. The van der Waals surface area contributed by atoms with Gasteiger partial charge in [0, 0.05) is 22.6 Å². The highest BCUT2D eigenvalue weighted by Crippen LogP contribution is 2.24. The summed E-state index contributed by atoms with van der Waals surface area (Å²) in [6.45, 7) is 7.82. The summed E-state index contributed by atoms with van der Waals surface area (Å²) in [5.41, 5.74) is 0.818. The lowest BCUT2D eigenvalue weighted by atomic mass is 10.1. The van der Waals surface area contributed by atoms with E-state index in [0.29, 0.717) is 6.04 Å². The molecule has 0 aromatic heterocycles. The van der Waals surface area contributed by atoms with Crippen molar-refractivity contribution in [3.8, 4) is 0 Å². The third-order valence-electron chi connectivity index (χ3n) is 3.99. The van der Waals surface area contributed by atoms with Crippen LogP contribution >= 0.6 is 15.9 Å². The predicted molar refractivity (Wildman–Crippen MR) is 96.5 cm³/mol. The minimum absolute atomic E-state index is 0.192. The molecule has 128 valence electrons.